The molecule has 7 heteroatoms. The lowest BCUT2D eigenvalue weighted by Gasteiger charge is -2.55. The van der Waals surface area contributed by atoms with Crippen molar-refractivity contribution in [2.45, 2.75) is 13.1 Å². The van der Waals surface area contributed by atoms with Crippen molar-refractivity contribution in [3.63, 3.8) is 0 Å². The number of hydrogen-bond donors (Lipinski definition) is 1. The second-order valence-corrected chi connectivity index (χ2v) is 9.38. The van der Waals surface area contributed by atoms with Crippen LogP contribution in [0, 0.1) is 5.41 Å². The van der Waals surface area contributed by atoms with Crippen LogP contribution in [-0.2, 0) is 13.1 Å². The lowest BCUT2D eigenvalue weighted by atomic mass is 9.83. The summed E-state index contributed by atoms with van der Waals surface area (Å²) in [4.78, 5) is 18.7. The summed E-state index contributed by atoms with van der Waals surface area (Å²) in [6.45, 7) is 4.20. The van der Waals surface area contributed by atoms with E-state index in [9.17, 15) is 0 Å². The van der Waals surface area contributed by atoms with E-state index in [1.165, 1.54) is 22.6 Å². The van der Waals surface area contributed by atoms with E-state index < -0.39 is 0 Å². The van der Waals surface area contributed by atoms with Gasteiger partial charge in [-0.25, -0.2) is 15.0 Å². The largest absolute Gasteiger partial charge is 0.353 e. The smallest absolute Gasteiger partial charge is 0.227 e. The van der Waals surface area contributed by atoms with Crippen LogP contribution in [0.25, 0.3) is 10.9 Å². The van der Waals surface area contributed by atoms with Crippen LogP contribution in [0.4, 0.5) is 17.5 Å². The van der Waals surface area contributed by atoms with Crippen LogP contribution in [-0.4, -0.2) is 51.5 Å². The molecule has 0 aliphatic carbocycles. The van der Waals surface area contributed by atoms with Gasteiger partial charge in [0, 0.05) is 66.6 Å². The molecule has 6 nitrogen and oxygen atoms in total. The van der Waals surface area contributed by atoms with Crippen LogP contribution in [0.3, 0.4) is 0 Å². The van der Waals surface area contributed by atoms with E-state index in [1.54, 1.807) is 0 Å². The molecule has 2 fully saturated rings. The van der Waals surface area contributed by atoms with Gasteiger partial charge in [-0.3, -0.25) is 4.90 Å². The van der Waals surface area contributed by atoms with Gasteiger partial charge in [0.05, 0.1) is 0 Å². The predicted molar refractivity (Wildman–Crippen MR) is 114 cm³/mol. The topological polar surface area (TPSA) is 57.2 Å². The first-order chi connectivity index (χ1) is 13.7. The zero-order valence-electron chi connectivity index (χ0n) is 15.9. The molecule has 0 saturated carbocycles. The highest BCUT2D eigenvalue weighted by Crippen LogP contribution is 2.47. The highest BCUT2D eigenvalue weighted by molar-refractivity contribution is 8.00. The number of anilines is 3. The monoisotopic (exact) mass is 390 g/mol. The van der Waals surface area contributed by atoms with Gasteiger partial charge in [0.25, 0.3) is 0 Å². The Labute approximate surface area is 168 Å². The van der Waals surface area contributed by atoms with Gasteiger partial charge in [-0.05, 0) is 36.4 Å². The standard InChI is InChI=1S/C21H22N6S/c1-26-8-15-2-3-17(6-16(15)9-26)24-20-23-7-14-4-5-22-19(18(14)25-20)27-10-21(11-27)12-28-13-21/h2-7H,8-13H2,1H3,(H,23,24,25). The van der Waals surface area contributed by atoms with Crippen LogP contribution in [0.5, 0.6) is 0 Å². The van der Waals surface area contributed by atoms with E-state index in [4.69, 9.17) is 4.98 Å². The summed E-state index contributed by atoms with van der Waals surface area (Å²) in [5.74, 6) is 4.18. The van der Waals surface area contributed by atoms with Gasteiger partial charge in [0.1, 0.15) is 5.52 Å². The third-order valence-corrected chi connectivity index (χ3v) is 7.62. The average Bonchev–Trinajstić information content (AvgIpc) is 2.99. The zero-order valence-corrected chi connectivity index (χ0v) is 16.7. The molecule has 3 aromatic rings. The molecule has 0 radical (unpaired) electrons. The molecule has 142 valence electrons. The third-order valence-electron chi connectivity index (χ3n) is 5.99. The van der Waals surface area contributed by atoms with E-state index in [0.29, 0.717) is 11.4 Å². The minimum Gasteiger partial charge on any atom is -0.353 e. The first-order valence-electron chi connectivity index (χ1n) is 9.69. The quantitative estimate of drug-likeness (QED) is 0.737. The van der Waals surface area contributed by atoms with Crippen molar-refractivity contribution in [1.82, 2.24) is 19.9 Å². The molecule has 0 bridgehead atoms. The number of rotatable bonds is 3. The first kappa shape index (κ1) is 16.6. The molecule has 1 N–H and O–H groups in total. The van der Waals surface area contributed by atoms with E-state index in [2.05, 4.69) is 50.3 Å². The number of benzene rings is 1. The Kier molecular flexibility index (Phi) is 3.58. The van der Waals surface area contributed by atoms with E-state index >= 15 is 0 Å². The van der Waals surface area contributed by atoms with E-state index in [0.717, 1.165) is 48.6 Å². The number of nitrogens with zero attached hydrogens (tertiary/aromatic N) is 5. The Morgan fingerprint density at radius 1 is 1.07 bits per heavy atom. The van der Waals surface area contributed by atoms with Crippen molar-refractivity contribution < 1.29 is 0 Å². The number of nitrogens with one attached hydrogen (secondary N) is 1. The third kappa shape index (κ3) is 2.64. The molecule has 6 rings (SSSR count). The van der Waals surface area contributed by atoms with Crippen LogP contribution in [0.2, 0.25) is 0 Å². The van der Waals surface area contributed by atoms with Crippen molar-refractivity contribution in [3.05, 3.63) is 47.8 Å². The lowest BCUT2D eigenvalue weighted by molar-refractivity contribution is 0.271. The molecule has 3 aliphatic rings. The van der Waals surface area contributed by atoms with Gasteiger partial charge in [-0.1, -0.05) is 6.07 Å². The Morgan fingerprint density at radius 2 is 1.93 bits per heavy atom. The molecule has 1 aromatic carbocycles. The normalized spacial score (nSPS) is 20.1. The number of thioether (sulfide) groups is 1. The fourth-order valence-corrected chi connectivity index (χ4v) is 5.64. The Bertz CT molecular complexity index is 1070. The maximum Gasteiger partial charge on any atom is 0.227 e. The van der Waals surface area contributed by atoms with Crippen LogP contribution in [0.15, 0.2) is 36.7 Å². The van der Waals surface area contributed by atoms with E-state index in [-0.39, 0.29) is 0 Å². The Balaban J connectivity index is 1.30. The summed E-state index contributed by atoms with van der Waals surface area (Å²) >= 11 is 2.05. The molecule has 5 heterocycles. The average molecular weight is 391 g/mol. The van der Waals surface area contributed by atoms with Crippen molar-refractivity contribution in [2.24, 2.45) is 5.41 Å². The molecule has 2 saturated heterocycles. The molecule has 0 atom stereocenters. The Morgan fingerprint density at radius 3 is 2.75 bits per heavy atom. The SMILES string of the molecule is CN1Cc2ccc(Nc3ncc4ccnc(N5CC6(CSC6)C5)c4n3)cc2C1. The van der Waals surface area contributed by atoms with Crippen LogP contribution in [0.1, 0.15) is 11.1 Å². The van der Waals surface area contributed by atoms with Gasteiger partial charge in [-0.15, -0.1) is 0 Å². The van der Waals surface area contributed by atoms with Gasteiger partial charge < -0.3 is 10.2 Å². The number of fused-ring (bicyclic) bond motifs is 2. The number of hydrogen-bond acceptors (Lipinski definition) is 7. The molecule has 2 aromatic heterocycles. The van der Waals surface area contributed by atoms with Crippen LogP contribution < -0.4 is 10.2 Å². The summed E-state index contributed by atoms with van der Waals surface area (Å²) in [6.07, 6.45) is 3.76. The van der Waals surface area contributed by atoms with Crippen LogP contribution >= 0.6 is 11.8 Å². The molecule has 28 heavy (non-hydrogen) atoms. The molecule has 0 unspecified atom stereocenters. The highest BCUT2D eigenvalue weighted by atomic mass is 32.2. The molecular weight excluding hydrogens is 368 g/mol. The van der Waals surface area contributed by atoms with Crippen molar-refractivity contribution in [1.29, 1.82) is 0 Å². The maximum absolute atomic E-state index is 4.83. The fraction of sp³-hybridized carbons (Fsp3) is 0.381. The van der Waals surface area contributed by atoms with Crippen molar-refractivity contribution in [2.75, 3.05) is 41.9 Å². The molecule has 0 amide bonds. The Hall–Kier alpha value is -2.38. The minimum atomic E-state index is 0.528. The summed E-state index contributed by atoms with van der Waals surface area (Å²) in [5, 5.41) is 4.43. The summed E-state index contributed by atoms with van der Waals surface area (Å²) in [7, 11) is 2.15. The molecule has 1 spiro atoms. The van der Waals surface area contributed by atoms with Gasteiger partial charge >= 0.3 is 0 Å². The van der Waals surface area contributed by atoms with E-state index in [1.807, 2.05) is 30.2 Å². The zero-order chi connectivity index (χ0) is 18.7. The maximum atomic E-state index is 4.83. The lowest BCUT2D eigenvalue weighted by Crippen LogP contribution is -2.63. The van der Waals surface area contributed by atoms with Crippen molar-refractivity contribution >= 4 is 40.1 Å². The summed E-state index contributed by atoms with van der Waals surface area (Å²) < 4.78 is 0. The fourth-order valence-electron chi connectivity index (χ4n) is 4.49. The minimum absolute atomic E-state index is 0.528. The summed E-state index contributed by atoms with van der Waals surface area (Å²) in [5.41, 5.74) is 5.27. The predicted octanol–water partition coefficient (Wildman–Crippen LogP) is 3.27. The second kappa shape index (κ2) is 6.06. The number of pyridine rings is 1. The summed E-state index contributed by atoms with van der Waals surface area (Å²) in [6, 6.07) is 8.51. The van der Waals surface area contributed by atoms with Gasteiger partial charge in [0.2, 0.25) is 5.95 Å². The number of aromatic nitrogens is 3. The first-order valence-corrected chi connectivity index (χ1v) is 10.8. The van der Waals surface area contributed by atoms with Crippen molar-refractivity contribution in [3.8, 4) is 0 Å². The molecular formula is C21H22N6S. The van der Waals surface area contributed by atoms with Gasteiger partial charge in [0.15, 0.2) is 5.82 Å². The second-order valence-electron chi connectivity index (χ2n) is 8.40. The van der Waals surface area contributed by atoms with Gasteiger partial charge in [-0.2, -0.15) is 11.8 Å². The highest BCUT2D eigenvalue weighted by Gasteiger charge is 2.48. The molecule has 3 aliphatic heterocycles.